The van der Waals surface area contributed by atoms with Crippen LogP contribution in [0.1, 0.15) is 10.5 Å². The van der Waals surface area contributed by atoms with Crippen LogP contribution in [-0.2, 0) is 4.74 Å². The van der Waals surface area contributed by atoms with Crippen molar-refractivity contribution in [3.05, 3.63) is 47.6 Å². The van der Waals surface area contributed by atoms with Crippen LogP contribution in [0, 0.1) is 0 Å². The van der Waals surface area contributed by atoms with Gasteiger partial charge in [0.05, 0.1) is 18.9 Å². The van der Waals surface area contributed by atoms with E-state index in [9.17, 15) is 4.79 Å². The molecule has 0 aliphatic carbocycles. The Balaban J connectivity index is 1.60. The van der Waals surface area contributed by atoms with Crippen LogP contribution in [0.3, 0.4) is 0 Å². The summed E-state index contributed by atoms with van der Waals surface area (Å²) in [6.45, 7) is 2.70. The molecule has 3 aromatic rings. The molecule has 1 amide bonds. The number of thiazole rings is 1. The number of rotatable bonds is 3. The third-order valence-corrected chi connectivity index (χ3v) is 4.62. The van der Waals surface area contributed by atoms with Crippen LogP contribution in [0.25, 0.3) is 16.2 Å². The van der Waals surface area contributed by atoms with E-state index in [1.54, 1.807) is 0 Å². The Kier molecular flexibility index (Phi) is 3.82. The molecule has 1 N–H and O–H groups in total. The largest absolute Gasteiger partial charge is 0.379 e. The number of hydrogen-bond donors (Lipinski definition) is 1. The average molecular weight is 328 g/mol. The van der Waals surface area contributed by atoms with Gasteiger partial charge in [-0.15, -0.1) is 11.3 Å². The van der Waals surface area contributed by atoms with Crippen LogP contribution in [0.2, 0.25) is 0 Å². The number of carbonyl (C=O) groups excluding carboxylic acids is 1. The van der Waals surface area contributed by atoms with Gasteiger partial charge in [0, 0.05) is 30.2 Å². The third kappa shape index (κ3) is 2.86. The summed E-state index contributed by atoms with van der Waals surface area (Å²) in [6, 6.07) is 9.96. The fourth-order valence-electron chi connectivity index (χ4n) is 2.57. The Labute approximate surface area is 137 Å². The monoisotopic (exact) mass is 328 g/mol. The molecule has 1 aromatic carbocycles. The maximum Gasteiger partial charge on any atom is 0.283 e. The lowest BCUT2D eigenvalue weighted by molar-refractivity contribution is 0.0124. The lowest BCUT2D eigenvalue weighted by Crippen LogP contribution is -2.48. The van der Waals surface area contributed by atoms with E-state index in [2.05, 4.69) is 10.4 Å². The molecular formula is C16H16N4O2S. The summed E-state index contributed by atoms with van der Waals surface area (Å²) in [6.07, 6.45) is 1.91. The van der Waals surface area contributed by atoms with E-state index in [4.69, 9.17) is 4.74 Å². The van der Waals surface area contributed by atoms with Crippen LogP contribution in [0.4, 0.5) is 0 Å². The van der Waals surface area contributed by atoms with Crippen LogP contribution < -0.4 is 5.43 Å². The fraction of sp³-hybridized carbons (Fsp3) is 0.250. The molecule has 1 aliphatic rings. The Bertz CT molecular complexity index is 821. The van der Waals surface area contributed by atoms with E-state index < -0.39 is 0 Å². The van der Waals surface area contributed by atoms with Crippen molar-refractivity contribution in [2.45, 2.75) is 0 Å². The molecule has 0 spiro atoms. The van der Waals surface area contributed by atoms with Gasteiger partial charge in [0.25, 0.3) is 5.91 Å². The zero-order valence-electron chi connectivity index (χ0n) is 12.4. The van der Waals surface area contributed by atoms with Gasteiger partial charge in [-0.2, -0.15) is 0 Å². The molecule has 3 heterocycles. The van der Waals surface area contributed by atoms with Crippen LogP contribution in [-0.4, -0.2) is 46.6 Å². The molecule has 4 rings (SSSR count). The molecule has 0 radical (unpaired) electrons. The molecule has 7 heteroatoms. The SMILES string of the molecule is O=C(NN1CCOCC1)c1csc2nc(-c3ccccc3)cn12. The number of ether oxygens (including phenoxy) is 1. The highest BCUT2D eigenvalue weighted by atomic mass is 32.1. The lowest BCUT2D eigenvalue weighted by atomic mass is 10.2. The molecule has 0 unspecified atom stereocenters. The number of benzene rings is 1. The summed E-state index contributed by atoms with van der Waals surface area (Å²) in [4.78, 5) is 17.9. The van der Waals surface area contributed by atoms with Crippen molar-refractivity contribution in [1.29, 1.82) is 0 Å². The van der Waals surface area contributed by atoms with Crippen LogP contribution >= 0.6 is 11.3 Å². The van der Waals surface area contributed by atoms with Crippen molar-refractivity contribution in [3.63, 3.8) is 0 Å². The van der Waals surface area contributed by atoms with Gasteiger partial charge in [-0.1, -0.05) is 30.3 Å². The molecule has 118 valence electrons. The van der Waals surface area contributed by atoms with Gasteiger partial charge in [0.2, 0.25) is 0 Å². The number of nitrogens with one attached hydrogen (secondary N) is 1. The maximum atomic E-state index is 12.5. The fourth-order valence-corrected chi connectivity index (χ4v) is 3.42. The number of hydrazine groups is 1. The minimum Gasteiger partial charge on any atom is -0.379 e. The summed E-state index contributed by atoms with van der Waals surface area (Å²) in [5, 5.41) is 3.73. The number of amides is 1. The topological polar surface area (TPSA) is 58.9 Å². The first-order valence-electron chi connectivity index (χ1n) is 7.47. The van der Waals surface area contributed by atoms with E-state index in [0.29, 0.717) is 32.0 Å². The van der Waals surface area contributed by atoms with E-state index in [0.717, 1.165) is 16.2 Å². The third-order valence-electron chi connectivity index (χ3n) is 3.78. The first-order chi connectivity index (χ1) is 11.3. The normalized spacial score (nSPS) is 15.8. The predicted molar refractivity (Wildman–Crippen MR) is 88.4 cm³/mol. The number of aromatic nitrogens is 2. The number of fused-ring (bicyclic) bond motifs is 1. The van der Waals surface area contributed by atoms with Gasteiger partial charge in [0.15, 0.2) is 4.96 Å². The molecule has 2 aromatic heterocycles. The van der Waals surface area contributed by atoms with Gasteiger partial charge in [0.1, 0.15) is 5.69 Å². The predicted octanol–water partition coefficient (Wildman–Crippen LogP) is 2.04. The van der Waals surface area contributed by atoms with Crippen molar-refractivity contribution < 1.29 is 9.53 Å². The minimum atomic E-state index is -0.116. The summed E-state index contributed by atoms with van der Waals surface area (Å²) in [5.41, 5.74) is 5.46. The number of morpholine rings is 1. The smallest absolute Gasteiger partial charge is 0.283 e. The Morgan fingerprint density at radius 3 is 2.78 bits per heavy atom. The second kappa shape index (κ2) is 6.11. The number of carbonyl (C=O) groups is 1. The molecule has 0 bridgehead atoms. The van der Waals surface area contributed by atoms with E-state index in [1.807, 2.05) is 51.3 Å². The average Bonchev–Trinajstić information content (AvgIpc) is 3.17. The second-order valence-corrected chi connectivity index (χ2v) is 6.14. The Morgan fingerprint density at radius 1 is 1.22 bits per heavy atom. The summed E-state index contributed by atoms with van der Waals surface area (Å²) in [5.74, 6) is -0.116. The summed E-state index contributed by atoms with van der Waals surface area (Å²) < 4.78 is 7.14. The molecule has 0 atom stereocenters. The van der Waals surface area contributed by atoms with E-state index in [1.165, 1.54) is 11.3 Å². The number of nitrogens with zero attached hydrogens (tertiary/aromatic N) is 3. The van der Waals surface area contributed by atoms with Crippen LogP contribution in [0.15, 0.2) is 41.9 Å². The summed E-state index contributed by atoms with van der Waals surface area (Å²) >= 11 is 1.47. The molecule has 1 saturated heterocycles. The molecule has 6 nitrogen and oxygen atoms in total. The Hall–Kier alpha value is -2.22. The molecule has 1 aliphatic heterocycles. The zero-order valence-corrected chi connectivity index (χ0v) is 13.3. The first-order valence-corrected chi connectivity index (χ1v) is 8.35. The van der Waals surface area contributed by atoms with Crippen molar-refractivity contribution in [1.82, 2.24) is 19.8 Å². The minimum absolute atomic E-state index is 0.116. The van der Waals surface area contributed by atoms with Crippen molar-refractivity contribution in [3.8, 4) is 11.3 Å². The molecular weight excluding hydrogens is 312 g/mol. The van der Waals surface area contributed by atoms with Crippen molar-refractivity contribution in [2.75, 3.05) is 26.3 Å². The first kappa shape index (κ1) is 14.4. The lowest BCUT2D eigenvalue weighted by Gasteiger charge is -2.26. The van der Waals surface area contributed by atoms with E-state index in [-0.39, 0.29) is 5.91 Å². The quantitative estimate of drug-likeness (QED) is 0.799. The molecule has 23 heavy (non-hydrogen) atoms. The number of hydrogen-bond acceptors (Lipinski definition) is 5. The summed E-state index contributed by atoms with van der Waals surface area (Å²) in [7, 11) is 0. The highest BCUT2D eigenvalue weighted by molar-refractivity contribution is 7.15. The standard InChI is InChI=1S/C16H16N4O2S/c21-15(18-19-6-8-22-9-7-19)14-11-23-16-17-13(10-20(14)16)12-4-2-1-3-5-12/h1-5,10-11H,6-9H2,(H,18,21). The maximum absolute atomic E-state index is 12.5. The van der Waals surface area contributed by atoms with Gasteiger partial charge in [-0.05, 0) is 0 Å². The molecule has 0 saturated carbocycles. The molecule has 1 fully saturated rings. The Morgan fingerprint density at radius 2 is 2.00 bits per heavy atom. The van der Waals surface area contributed by atoms with Crippen molar-refractivity contribution in [2.24, 2.45) is 0 Å². The van der Waals surface area contributed by atoms with Gasteiger partial charge in [-0.3, -0.25) is 14.6 Å². The second-order valence-electron chi connectivity index (χ2n) is 5.31. The number of imidazole rings is 1. The highest BCUT2D eigenvalue weighted by Gasteiger charge is 2.18. The van der Waals surface area contributed by atoms with Crippen molar-refractivity contribution >= 4 is 22.2 Å². The zero-order chi connectivity index (χ0) is 15.6. The van der Waals surface area contributed by atoms with E-state index >= 15 is 0 Å². The van der Waals surface area contributed by atoms with Gasteiger partial charge in [-0.25, -0.2) is 9.99 Å². The highest BCUT2D eigenvalue weighted by Crippen LogP contribution is 2.23. The van der Waals surface area contributed by atoms with Gasteiger partial charge >= 0.3 is 0 Å². The van der Waals surface area contributed by atoms with Gasteiger partial charge < -0.3 is 4.74 Å². The van der Waals surface area contributed by atoms with Crippen LogP contribution in [0.5, 0.6) is 0 Å².